The van der Waals surface area contributed by atoms with Gasteiger partial charge in [0.05, 0.1) is 23.4 Å². The molecule has 0 spiro atoms. The number of piperidine rings is 1. The zero-order valence-corrected chi connectivity index (χ0v) is 17.4. The number of hydrogen-bond acceptors (Lipinski definition) is 10. The van der Waals surface area contributed by atoms with Crippen LogP contribution in [-0.4, -0.2) is 94.6 Å². The van der Waals surface area contributed by atoms with E-state index in [0.29, 0.717) is 17.8 Å². The maximum atomic E-state index is 13.8. The van der Waals surface area contributed by atoms with Crippen molar-refractivity contribution in [3.63, 3.8) is 0 Å². The Morgan fingerprint density at radius 2 is 1.90 bits per heavy atom. The first-order valence-electron chi connectivity index (χ1n) is 10.4. The molecule has 5 aliphatic rings. The predicted octanol–water partition coefficient (Wildman–Crippen LogP) is -1.83. The molecule has 4 heterocycles. The number of ether oxygens (including phenoxy) is 2. The minimum atomic E-state index is -1.78. The number of likely N-dealkylation sites (tertiary alicyclic amines) is 1. The molecule has 1 aliphatic carbocycles. The quantitative estimate of drug-likeness (QED) is 0.225. The maximum Gasteiger partial charge on any atom is 0.404 e. The summed E-state index contributed by atoms with van der Waals surface area (Å²) in [6.07, 6.45) is -0.842. The number of rotatable bonds is 4. The molecule has 3 saturated heterocycles. The van der Waals surface area contributed by atoms with E-state index in [2.05, 4.69) is 5.32 Å². The fourth-order valence-corrected chi connectivity index (χ4v) is 5.75. The van der Waals surface area contributed by atoms with Gasteiger partial charge in [0.15, 0.2) is 11.5 Å². The Kier molecular flexibility index (Phi) is 4.30. The van der Waals surface area contributed by atoms with E-state index in [9.17, 15) is 24.6 Å². The standard InChI is InChI=1S/C20H26N4O7/c1-9-13(23-5-3-19(28,29)4-6-23)16(26)12-10(8-31-18(21)27)20(30-2)17-11(22-17)7-24(20)14(12)15(9)25/h10-11,17,22,28-29H,3-8H2,1-2H3,(H2,21,27)/t10-,11+,17+,20?/m0/s1. The molecule has 3 fully saturated rings. The number of fused-ring (bicyclic) bond motifs is 4. The van der Waals surface area contributed by atoms with Gasteiger partial charge in [0.2, 0.25) is 11.6 Å². The summed E-state index contributed by atoms with van der Waals surface area (Å²) in [6.45, 7) is 2.40. The molecule has 0 aromatic heterocycles. The highest BCUT2D eigenvalue weighted by molar-refractivity contribution is 6.25. The van der Waals surface area contributed by atoms with E-state index >= 15 is 0 Å². The van der Waals surface area contributed by atoms with E-state index in [1.54, 1.807) is 11.8 Å². The Balaban J connectivity index is 1.55. The van der Waals surface area contributed by atoms with Gasteiger partial charge in [-0.25, -0.2) is 4.79 Å². The zero-order chi connectivity index (χ0) is 22.3. The van der Waals surface area contributed by atoms with Crippen molar-refractivity contribution in [3.8, 4) is 0 Å². The summed E-state index contributed by atoms with van der Waals surface area (Å²) in [5.74, 6) is -3.06. The van der Waals surface area contributed by atoms with Crippen LogP contribution in [0.25, 0.3) is 0 Å². The van der Waals surface area contributed by atoms with Crippen LogP contribution in [0, 0.1) is 5.92 Å². The van der Waals surface area contributed by atoms with Gasteiger partial charge in [0.1, 0.15) is 6.61 Å². The third kappa shape index (κ3) is 2.70. The monoisotopic (exact) mass is 434 g/mol. The van der Waals surface area contributed by atoms with Crippen LogP contribution in [0.2, 0.25) is 0 Å². The van der Waals surface area contributed by atoms with Crippen molar-refractivity contribution in [2.75, 3.05) is 33.4 Å². The normalized spacial score (nSPS) is 35.9. The first-order valence-corrected chi connectivity index (χ1v) is 10.4. The van der Waals surface area contributed by atoms with Gasteiger partial charge in [0, 0.05) is 56.8 Å². The number of nitrogens with two attached hydrogens (primary N) is 1. The minimum Gasteiger partial charge on any atom is -0.449 e. The SMILES string of the molecule is COC12[C@@H]3N[C@@H]3CN1C1=C(C(=O)C(N3CCC(O)(O)CC3)=C(C)C1=O)[C@@H]2COC(N)=O. The maximum absolute atomic E-state index is 13.8. The van der Waals surface area contributed by atoms with E-state index in [0.717, 1.165) is 0 Å². The second-order valence-electron chi connectivity index (χ2n) is 8.86. The first-order chi connectivity index (χ1) is 14.6. The van der Waals surface area contributed by atoms with Crippen molar-refractivity contribution in [3.05, 3.63) is 22.5 Å². The van der Waals surface area contributed by atoms with Gasteiger partial charge in [-0.05, 0) is 6.92 Å². The summed E-state index contributed by atoms with van der Waals surface area (Å²) >= 11 is 0. The molecule has 5 rings (SSSR count). The largest absolute Gasteiger partial charge is 0.449 e. The highest BCUT2D eigenvalue weighted by Crippen LogP contribution is 2.56. The fourth-order valence-electron chi connectivity index (χ4n) is 5.75. The van der Waals surface area contributed by atoms with Gasteiger partial charge in [-0.15, -0.1) is 0 Å². The number of allylic oxidation sites excluding steroid dienone is 2. The Morgan fingerprint density at radius 3 is 2.52 bits per heavy atom. The number of nitrogens with zero attached hydrogens (tertiary/aromatic N) is 2. The summed E-state index contributed by atoms with van der Waals surface area (Å²) in [5.41, 5.74) is 5.33. The summed E-state index contributed by atoms with van der Waals surface area (Å²) in [5, 5.41) is 23.0. The third-order valence-corrected chi connectivity index (χ3v) is 7.28. The van der Waals surface area contributed by atoms with Gasteiger partial charge < -0.3 is 40.5 Å². The molecule has 5 N–H and O–H groups in total. The van der Waals surface area contributed by atoms with Crippen LogP contribution >= 0.6 is 0 Å². The number of nitrogens with one attached hydrogen (secondary N) is 1. The molecule has 1 unspecified atom stereocenters. The molecule has 1 amide bonds. The van der Waals surface area contributed by atoms with Crippen LogP contribution < -0.4 is 11.1 Å². The number of amides is 1. The highest BCUT2D eigenvalue weighted by atomic mass is 16.6. The van der Waals surface area contributed by atoms with Gasteiger partial charge in [-0.1, -0.05) is 0 Å². The Bertz CT molecular complexity index is 947. The van der Waals surface area contributed by atoms with Crippen LogP contribution in [0.5, 0.6) is 0 Å². The molecule has 0 bridgehead atoms. The van der Waals surface area contributed by atoms with Crippen LogP contribution in [0.4, 0.5) is 4.79 Å². The number of primary amides is 1. The molecule has 31 heavy (non-hydrogen) atoms. The lowest BCUT2D eigenvalue weighted by Gasteiger charge is -2.39. The van der Waals surface area contributed by atoms with Crippen molar-refractivity contribution in [1.82, 2.24) is 15.1 Å². The third-order valence-electron chi connectivity index (χ3n) is 7.28. The summed E-state index contributed by atoms with van der Waals surface area (Å²) in [6, 6.07) is 0.0244. The molecular formula is C20H26N4O7. The topological polar surface area (TPSA) is 165 Å². The zero-order valence-electron chi connectivity index (χ0n) is 17.4. The van der Waals surface area contributed by atoms with Gasteiger partial charge in [0.25, 0.3) is 0 Å². The molecule has 11 nitrogen and oxygen atoms in total. The Hall–Kier alpha value is -2.47. The van der Waals surface area contributed by atoms with E-state index in [4.69, 9.17) is 15.2 Å². The number of carbonyl (C=O) groups is 3. The van der Waals surface area contributed by atoms with E-state index in [1.165, 1.54) is 7.11 Å². The number of ketones is 2. The van der Waals surface area contributed by atoms with Crippen LogP contribution in [0.15, 0.2) is 22.5 Å². The first kappa shape index (κ1) is 20.4. The van der Waals surface area contributed by atoms with Crippen molar-refractivity contribution in [2.24, 2.45) is 11.7 Å². The summed E-state index contributed by atoms with van der Waals surface area (Å²) < 4.78 is 11.0. The molecule has 11 heteroatoms. The van der Waals surface area contributed by atoms with Crippen molar-refractivity contribution in [2.45, 2.75) is 43.4 Å². The number of aliphatic hydroxyl groups is 2. The number of carbonyl (C=O) groups excluding carboxylic acids is 3. The van der Waals surface area contributed by atoms with E-state index in [-0.39, 0.29) is 67.5 Å². The summed E-state index contributed by atoms with van der Waals surface area (Å²) in [4.78, 5) is 42.2. The van der Waals surface area contributed by atoms with Crippen molar-refractivity contribution in [1.29, 1.82) is 0 Å². The smallest absolute Gasteiger partial charge is 0.404 e. The van der Waals surface area contributed by atoms with Crippen molar-refractivity contribution < 1.29 is 34.1 Å². The number of Topliss-reactive ketones (excluding diaryl/α,β-unsaturated/α-hetero) is 2. The lowest BCUT2D eigenvalue weighted by molar-refractivity contribution is -0.186. The van der Waals surface area contributed by atoms with E-state index < -0.39 is 23.5 Å². The fraction of sp³-hybridized carbons (Fsp3) is 0.650. The lowest BCUT2D eigenvalue weighted by atomic mass is 9.81. The number of methoxy groups -OCH3 is 1. The highest BCUT2D eigenvalue weighted by Gasteiger charge is 2.72. The number of hydrogen-bond donors (Lipinski definition) is 4. The predicted molar refractivity (Wildman–Crippen MR) is 104 cm³/mol. The van der Waals surface area contributed by atoms with Gasteiger partial charge in [-0.2, -0.15) is 0 Å². The minimum absolute atomic E-state index is 0.0627. The average Bonchev–Trinajstić information content (AvgIpc) is 3.32. The van der Waals surface area contributed by atoms with Crippen molar-refractivity contribution >= 4 is 17.7 Å². The van der Waals surface area contributed by atoms with Gasteiger partial charge in [-0.3, -0.25) is 9.59 Å². The van der Waals surface area contributed by atoms with Crippen LogP contribution in [0.1, 0.15) is 19.8 Å². The molecule has 0 aromatic rings. The molecular weight excluding hydrogens is 408 g/mol. The van der Waals surface area contributed by atoms with Gasteiger partial charge >= 0.3 is 6.09 Å². The molecule has 168 valence electrons. The molecule has 4 aliphatic heterocycles. The molecule has 0 aromatic carbocycles. The second-order valence-corrected chi connectivity index (χ2v) is 8.86. The molecule has 4 atom stereocenters. The Morgan fingerprint density at radius 1 is 1.23 bits per heavy atom. The summed E-state index contributed by atoms with van der Waals surface area (Å²) in [7, 11) is 1.52. The molecule has 0 radical (unpaired) electrons. The Labute approximate surface area is 178 Å². The second kappa shape index (κ2) is 6.52. The molecule has 0 saturated carbocycles. The van der Waals surface area contributed by atoms with Crippen LogP contribution in [-0.2, 0) is 19.1 Å². The van der Waals surface area contributed by atoms with E-state index in [1.807, 2.05) is 4.90 Å². The average molecular weight is 434 g/mol. The lowest BCUT2D eigenvalue weighted by Crippen LogP contribution is -2.55. The number of piperazine rings is 1. The van der Waals surface area contributed by atoms with Crippen LogP contribution in [0.3, 0.4) is 0 Å².